The Morgan fingerprint density at radius 1 is 0.667 bits per heavy atom. The van der Waals surface area contributed by atoms with Crippen molar-refractivity contribution in [1.29, 1.82) is 0 Å². The maximum atomic E-state index is 13.2. The summed E-state index contributed by atoms with van der Waals surface area (Å²) in [5.74, 6) is -3.42. The fraction of sp³-hybridized carbons (Fsp3) is 0.515. The molecule has 0 atom stereocenters. The summed E-state index contributed by atoms with van der Waals surface area (Å²) in [4.78, 5) is 50.4. The normalized spacial score (nSPS) is 12.1. The van der Waals surface area contributed by atoms with Crippen LogP contribution >= 0.6 is 0 Å². The molecule has 0 spiro atoms. The summed E-state index contributed by atoms with van der Waals surface area (Å²) in [5.41, 5.74) is 0.214. The quantitative estimate of drug-likeness (QED) is 0.110. The van der Waals surface area contributed by atoms with Crippen molar-refractivity contribution in [1.82, 2.24) is 10.6 Å². The Kier molecular flexibility index (Phi) is 13.7. The first-order chi connectivity index (χ1) is 21.0. The van der Waals surface area contributed by atoms with Gasteiger partial charge in [0.05, 0.1) is 22.3 Å². The van der Waals surface area contributed by atoms with Gasteiger partial charge in [0.25, 0.3) is 11.8 Å². The number of carbonyl (C=O) groups is 4. The van der Waals surface area contributed by atoms with E-state index < -0.39 is 45.8 Å². The fourth-order valence-corrected chi connectivity index (χ4v) is 9.24. The van der Waals surface area contributed by atoms with Gasteiger partial charge in [-0.1, -0.05) is 26.0 Å². The second kappa shape index (κ2) is 16.3. The van der Waals surface area contributed by atoms with Crippen LogP contribution in [0.1, 0.15) is 93.1 Å². The van der Waals surface area contributed by atoms with Gasteiger partial charge in [0.15, 0.2) is 16.6 Å². The van der Waals surface area contributed by atoms with Gasteiger partial charge >= 0.3 is 11.9 Å². The first-order valence-electron chi connectivity index (χ1n) is 15.6. The van der Waals surface area contributed by atoms with Gasteiger partial charge in [-0.3, -0.25) is 9.59 Å². The van der Waals surface area contributed by atoms with Crippen LogP contribution < -0.4 is 10.6 Å². The van der Waals surface area contributed by atoms with Crippen molar-refractivity contribution in [2.45, 2.75) is 84.2 Å². The van der Waals surface area contributed by atoms with Gasteiger partial charge in [-0.05, 0) is 100 Å². The summed E-state index contributed by atoms with van der Waals surface area (Å²) in [7, 11) is -3.60. The molecule has 0 aliphatic carbocycles. The minimum absolute atomic E-state index is 0.0272. The topological polar surface area (TPSA) is 151 Å². The molecule has 4 N–H and O–H groups in total. The Morgan fingerprint density at radius 2 is 1.07 bits per heavy atom. The molecule has 0 aliphatic heterocycles. The first-order valence-corrected chi connectivity index (χ1v) is 21.8. The van der Waals surface area contributed by atoms with E-state index in [-0.39, 0.29) is 22.3 Å². The lowest BCUT2D eigenvalue weighted by Crippen LogP contribution is -2.33. The highest BCUT2D eigenvalue weighted by Gasteiger charge is 2.29. The Morgan fingerprint density at radius 3 is 1.49 bits per heavy atom. The molecule has 0 fully saturated rings. The number of rotatable bonds is 18. The summed E-state index contributed by atoms with van der Waals surface area (Å²) in [6.45, 7) is 18.2. The molecule has 2 aromatic carbocycles. The van der Waals surface area contributed by atoms with Gasteiger partial charge in [0, 0.05) is 31.7 Å². The van der Waals surface area contributed by atoms with Crippen LogP contribution in [0.5, 0.6) is 0 Å². The maximum absolute atomic E-state index is 13.2. The Labute approximate surface area is 269 Å². The Hall–Kier alpha value is -3.33. The molecular weight excluding hydrogens is 609 g/mol. The largest absolute Gasteiger partial charge is 0.478 e. The average molecular weight is 659 g/mol. The highest BCUT2D eigenvalue weighted by molar-refractivity contribution is 6.71. The lowest BCUT2D eigenvalue weighted by molar-refractivity contribution is 0.0682. The minimum Gasteiger partial charge on any atom is -0.478 e. The average Bonchev–Trinajstić information content (AvgIpc) is 2.96. The monoisotopic (exact) mass is 658 g/mol. The molecule has 0 aromatic heterocycles. The second-order valence-electron chi connectivity index (χ2n) is 12.9. The summed E-state index contributed by atoms with van der Waals surface area (Å²) >= 11 is 0. The van der Waals surface area contributed by atoms with Crippen LogP contribution in [0.4, 0.5) is 0 Å². The van der Waals surface area contributed by atoms with Crippen LogP contribution in [0, 0.1) is 0 Å². The van der Waals surface area contributed by atoms with Gasteiger partial charge < -0.3 is 29.7 Å². The van der Waals surface area contributed by atoms with E-state index in [1.165, 1.54) is 18.2 Å². The van der Waals surface area contributed by atoms with Crippen LogP contribution in [0.25, 0.3) is 0 Å². The zero-order valence-corrected chi connectivity index (χ0v) is 30.0. The van der Waals surface area contributed by atoms with Crippen molar-refractivity contribution in [3.63, 3.8) is 0 Å². The summed E-state index contributed by atoms with van der Waals surface area (Å²) in [6, 6.07) is 11.0. The lowest BCUT2D eigenvalue weighted by Gasteiger charge is -2.28. The number of carbonyl (C=O) groups excluding carboxylic acids is 2. The van der Waals surface area contributed by atoms with Gasteiger partial charge in [-0.2, -0.15) is 0 Å². The zero-order chi connectivity index (χ0) is 34.0. The molecule has 0 radical (unpaired) electrons. The van der Waals surface area contributed by atoms with Gasteiger partial charge in [-0.15, -0.1) is 0 Å². The van der Waals surface area contributed by atoms with E-state index in [0.29, 0.717) is 43.9 Å². The molecule has 0 aliphatic rings. The minimum atomic E-state index is -1.81. The highest BCUT2D eigenvalue weighted by Crippen LogP contribution is 2.34. The number of aromatic carboxylic acids is 2. The molecule has 0 bridgehead atoms. The lowest BCUT2D eigenvalue weighted by atomic mass is 9.76. The van der Waals surface area contributed by atoms with E-state index >= 15 is 0 Å². The Balaban J connectivity index is 2.28. The summed E-state index contributed by atoms with van der Waals surface area (Å²) in [5, 5.41) is 25.5. The third-order valence-corrected chi connectivity index (χ3v) is 13.2. The van der Waals surface area contributed by atoms with Crippen LogP contribution in [-0.2, 0) is 14.3 Å². The van der Waals surface area contributed by atoms with Crippen molar-refractivity contribution >= 4 is 40.4 Å². The van der Waals surface area contributed by atoms with Crippen molar-refractivity contribution in [3.05, 3.63) is 69.8 Å². The van der Waals surface area contributed by atoms with Crippen molar-refractivity contribution in [3.8, 4) is 0 Å². The van der Waals surface area contributed by atoms with Crippen LogP contribution in [0.15, 0.2) is 36.4 Å². The fourth-order valence-electron chi connectivity index (χ4n) is 5.33. The number of carboxylic acid groups (broad SMARTS) is 2. The van der Waals surface area contributed by atoms with E-state index in [1.54, 1.807) is 18.2 Å². The molecule has 2 aromatic rings. The van der Waals surface area contributed by atoms with Crippen molar-refractivity contribution in [2.75, 3.05) is 26.3 Å². The summed E-state index contributed by atoms with van der Waals surface area (Å²) < 4.78 is 11.7. The van der Waals surface area contributed by atoms with E-state index in [2.05, 4.69) is 36.8 Å². The smallest absolute Gasteiger partial charge is 0.336 e. The third kappa shape index (κ3) is 10.9. The van der Waals surface area contributed by atoms with Crippen LogP contribution in [0.2, 0.25) is 38.3 Å². The zero-order valence-electron chi connectivity index (χ0n) is 28.0. The van der Waals surface area contributed by atoms with Crippen molar-refractivity contribution < 1.29 is 38.2 Å². The third-order valence-electron chi connectivity index (χ3n) is 7.99. The molecule has 0 unspecified atom stereocenters. The molecule has 0 heterocycles. The van der Waals surface area contributed by atoms with E-state index in [4.69, 9.17) is 8.85 Å². The number of hydrogen-bond acceptors (Lipinski definition) is 6. The predicted octanol–water partition coefficient (Wildman–Crippen LogP) is 6.13. The molecule has 2 rings (SSSR count). The molecule has 10 nitrogen and oxygen atoms in total. The molecule has 45 heavy (non-hydrogen) atoms. The summed E-state index contributed by atoms with van der Waals surface area (Å²) in [6.07, 6.45) is 1.44. The van der Waals surface area contributed by atoms with Crippen LogP contribution in [-0.4, -0.2) is 76.9 Å². The van der Waals surface area contributed by atoms with E-state index in [0.717, 1.165) is 18.5 Å². The number of nitrogens with one attached hydrogen (secondary N) is 2. The standard InChI is InChI=1S/C33H50N2O8Si2/c1-9-42-44(5,6)19-11-17-34-29(36)25-15-13-24(22-28(25)32(40)41)33(3,4)23-14-16-26(31(38)39)27(21-23)30(37)35-18-12-20-45(7,8)43-10-2/h13-16,21-22H,9-12,17-20H2,1-8H3,(H,34,36)(H,35,37)(H,38,39)(H,40,41). The van der Waals surface area contributed by atoms with E-state index in [9.17, 15) is 29.4 Å². The van der Waals surface area contributed by atoms with Gasteiger partial charge in [0.1, 0.15) is 0 Å². The molecule has 12 heteroatoms. The molecule has 2 amide bonds. The molecule has 0 saturated carbocycles. The predicted molar refractivity (Wildman–Crippen MR) is 181 cm³/mol. The Bertz CT molecular complexity index is 1370. The number of hydrogen-bond donors (Lipinski definition) is 4. The van der Waals surface area contributed by atoms with Gasteiger partial charge in [0.2, 0.25) is 0 Å². The maximum Gasteiger partial charge on any atom is 0.336 e. The molecule has 0 saturated heterocycles. The van der Waals surface area contributed by atoms with Gasteiger partial charge in [-0.25, -0.2) is 9.59 Å². The van der Waals surface area contributed by atoms with E-state index in [1.807, 2.05) is 27.7 Å². The number of carboxylic acids is 2. The molecular formula is C33H50N2O8Si2. The number of benzene rings is 2. The second-order valence-corrected chi connectivity index (χ2v) is 21.5. The molecule has 248 valence electrons. The van der Waals surface area contributed by atoms with Crippen LogP contribution in [0.3, 0.4) is 0 Å². The SMILES string of the molecule is CCO[Si](C)(C)CCCNC(=O)c1ccc(C(C)(C)c2ccc(C(=O)O)c(C(=O)NCCC[Si](C)(C)OCC)c2)cc1C(=O)O. The first kappa shape index (κ1) is 37.9. The van der Waals surface area contributed by atoms with Crippen molar-refractivity contribution in [2.24, 2.45) is 0 Å². The highest BCUT2D eigenvalue weighted by atomic mass is 28.4. The number of amides is 2.